The van der Waals surface area contributed by atoms with E-state index in [1.165, 1.54) is 25.9 Å². The molecule has 0 N–H and O–H groups in total. The summed E-state index contributed by atoms with van der Waals surface area (Å²) in [4.78, 5) is 8.80. The van der Waals surface area contributed by atoms with Gasteiger partial charge in [0.25, 0.3) is 6.01 Å². The number of aromatic nitrogens is 1. The molecule has 5 heteroatoms. The molecule has 1 aromatic rings. The number of nitrogens with zero attached hydrogens (tertiary/aromatic N) is 3. The Labute approximate surface area is 108 Å². The van der Waals surface area contributed by atoms with Gasteiger partial charge in [-0.05, 0) is 38.9 Å². The van der Waals surface area contributed by atoms with E-state index in [4.69, 9.17) is 16.0 Å². The first-order valence-electron chi connectivity index (χ1n) is 6.09. The molecule has 0 unspecified atom stereocenters. The van der Waals surface area contributed by atoms with Crippen LogP contribution in [0.3, 0.4) is 0 Å². The van der Waals surface area contributed by atoms with Crippen LogP contribution in [-0.4, -0.2) is 43.6 Å². The maximum atomic E-state index is 5.71. The molecule has 2 heterocycles. The Morgan fingerprint density at radius 2 is 2.24 bits per heavy atom. The molecule has 1 fully saturated rings. The van der Waals surface area contributed by atoms with Gasteiger partial charge in [-0.15, -0.1) is 11.6 Å². The lowest BCUT2D eigenvalue weighted by Crippen LogP contribution is -2.35. The molecule has 17 heavy (non-hydrogen) atoms. The molecule has 1 aliphatic rings. The van der Waals surface area contributed by atoms with Crippen molar-refractivity contribution in [2.75, 3.05) is 38.6 Å². The average Bonchev–Trinajstić information content (AvgIpc) is 2.81. The Kier molecular flexibility index (Phi) is 4.29. The van der Waals surface area contributed by atoms with Crippen LogP contribution in [0.25, 0.3) is 0 Å². The summed E-state index contributed by atoms with van der Waals surface area (Å²) in [5.41, 5.74) is 0.803. The molecule has 96 valence electrons. The lowest BCUT2D eigenvalue weighted by molar-refractivity contribution is 0.221. The number of alkyl halides is 1. The topological polar surface area (TPSA) is 32.5 Å². The molecule has 1 aromatic heterocycles. The van der Waals surface area contributed by atoms with Gasteiger partial charge >= 0.3 is 0 Å². The quantitative estimate of drug-likeness (QED) is 0.774. The highest BCUT2D eigenvalue weighted by atomic mass is 35.5. The Morgan fingerprint density at radius 1 is 1.53 bits per heavy atom. The van der Waals surface area contributed by atoms with Crippen molar-refractivity contribution in [1.82, 2.24) is 9.88 Å². The molecule has 0 bridgehead atoms. The normalized spacial score (nSPS) is 18.5. The SMILES string of the molecule is CN1CCC(CN(C)c2nc(CCl)co2)CC1. The van der Waals surface area contributed by atoms with E-state index >= 15 is 0 Å². The first-order chi connectivity index (χ1) is 8.19. The Bertz CT molecular complexity index is 347. The van der Waals surface area contributed by atoms with E-state index in [0.29, 0.717) is 11.9 Å². The van der Waals surface area contributed by atoms with Gasteiger partial charge in [-0.25, -0.2) is 0 Å². The number of piperidine rings is 1. The molecule has 0 spiro atoms. The fourth-order valence-corrected chi connectivity index (χ4v) is 2.37. The van der Waals surface area contributed by atoms with Gasteiger partial charge in [0.1, 0.15) is 6.26 Å². The summed E-state index contributed by atoms with van der Waals surface area (Å²) >= 11 is 5.71. The highest BCUT2D eigenvalue weighted by molar-refractivity contribution is 6.16. The van der Waals surface area contributed by atoms with Gasteiger partial charge in [-0.1, -0.05) is 0 Å². The van der Waals surface area contributed by atoms with E-state index in [1.54, 1.807) is 6.26 Å². The number of halogens is 1. The molecule has 0 radical (unpaired) electrons. The van der Waals surface area contributed by atoms with Gasteiger partial charge in [-0.2, -0.15) is 4.98 Å². The van der Waals surface area contributed by atoms with E-state index in [1.807, 2.05) is 7.05 Å². The van der Waals surface area contributed by atoms with Gasteiger partial charge in [0.2, 0.25) is 0 Å². The Balaban J connectivity index is 1.86. The van der Waals surface area contributed by atoms with E-state index in [0.717, 1.165) is 18.2 Å². The molecule has 0 atom stereocenters. The van der Waals surface area contributed by atoms with Gasteiger partial charge < -0.3 is 14.2 Å². The summed E-state index contributed by atoms with van der Waals surface area (Å²) in [6, 6.07) is 0.680. The summed E-state index contributed by atoms with van der Waals surface area (Å²) in [5.74, 6) is 1.15. The first kappa shape index (κ1) is 12.7. The highest BCUT2D eigenvalue weighted by Gasteiger charge is 2.19. The zero-order valence-corrected chi connectivity index (χ0v) is 11.3. The zero-order chi connectivity index (χ0) is 12.3. The molecule has 1 saturated heterocycles. The molecular weight excluding hydrogens is 238 g/mol. The lowest BCUT2D eigenvalue weighted by atomic mass is 9.97. The predicted molar refractivity (Wildman–Crippen MR) is 69.6 cm³/mol. The molecule has 4 nitrogen and oxygen atoms in total. The number of oxazole rings is 1. The van der Waals surface area contributed by atoms with Crippen LogP contribution in [-0.2, 0) is 5.88 Å². The van der Waals surface area contributed by atoms with Crippen molar-refractivity contribution in [3.63, 3.8) is 0 Å². The first-order valence-corrected chi connectivity index (χ1v) is 6.62. The van der Waals surface area contributed by atoms with Crippen LogP contribution in [0.15, 0.2) is 10.7 Å². The maximum Gasteiger partial charge on any atom is 0.297 e. The van der Waals surface area contributed by atoms with E-state index < -0.39 is 0 Å². The van der Waals surface area contributed by atoms with Crippen LogP contribution in [0.4, 0.5) is 6.01 Å². The van der Waals surface area contributed by atoms with Crippen LogP contribution in [0.5, 0.6) is 0 Å². The van der Waals surface area contributed by atoms with Gasteiger partial charge in [0, 0.05) is 13.6 Å². The second-order valence-electron chi connectivity index (χ2n) is 4.88. The zero-order valence-electron chi connectivity index (χ0n) is 10.5. The molecule has 0 amide bonds. The monoisotopic (exact) mass is 257 g/mol. The number of anilines is 1. The Morgan fingerprint density at radius 3 is 2.82 bits per heavy atom. The summed E-state index contributed by atoms with van der Waals surface area (Å²) in [5, 5.41) is 0. The molecule has 1 aliphatic heterocycles. The minimum absolute atomic E-state index is 0.408. The third-order valence-electron chi connectivity index (χ3n) is 3.37. The van der Waals surface area contributed by atoms with Crippen molar-refractivity contribution >= 4 is 17.6 Å². The molecular formula is C12H20ClN3O. The van der Waals surface area contributed by atoms with Crippen LogP contribution in [0.2, 0.25) is 0 Å². The number of hydrogen-bond acceptors (Lipinski definition) is 4. The summed E-state index contributed by atoms with van der Waals surface area (Å²) in [6.45, 7) is 3.39. The van der Waals surface area contributed by atoms with Gasteiger partial charge in [-0.3, -0.25) is 0 Å². The van der Waals surface area contributed by atoms with Crippen molar-refractivity contribution in [3.8, 4) is 0 Å². The second kappa shape index (κ2) is 5.74. The third-order valence-corrected chi connectivity index (χ3v) is 3.65. The molecule has 0 aromatic carbocycles. The Hall–Kier alpha value is -0.740. The number of hydrogen-bond donors (Lipinski definition) is 0. The van der Waals surface area contributed by atoms with Crippen molar-refractivity contribution in [3.05, 3.63) is 12.0 Å². The third kappa shape index (κ3) is 3.36. The fourth-order valence-electron chi connectivity index (χ4n) is 2.24. The smallest absolute Gasteiger partial charge is 0.297 e. The highest BCUT2D eigenvalue weighted by Crippen LogP contribution is 2.20. The van der Waals surface area contributed by atoms with E-state index in [-0.39, 0.29) is 0 Å². The van der Waals surface area contributed by atoms with Crippen LogP contribution < -0.4 is 4.90 Å². The van der Waals surface area contributed by atoms with Crippen LogP contribution in [0, 0.1) is 5.92 Å². The van der Waals surface area contributed by atoms with Crippen molar-refractivity contribution < 1.29 is 4.42 Å². The van der Waals surface area contributed by atoms with Crippen molar-refractivity contribution in [1.29, 1.82) is 0 Å². The second-order valence-corrected chi connectivity index (χ2v) is 5.15. The van der Waals surface area contributed by atoms with E-state index in [9.17, 15) is 0 Å². The minimum Gasteiger partial charge on any atom is -0.432 e. The molecule has 0 saturated carbocycles. The van der Waals surface area contributed by atoms with Crippen molar-refractivity contribution in [2.45, 2.75) is 18.7 Å². The molecule has 2 rings (SSSR count). The van der Waals surface area contributed by atoms with Crippen molar-refractivity contribution in [2.24, 2.45) is 5.92 Å². The van der Waals surface area contributed by atoms with Crippen LogP contribution in [0.1, 0.15) is 18.5 Å². The molecule has 0 aliphatic carbocycles. The standard InChI is InChI=1S/C12H20ClN3O/c1-15-5-3-10(4-6-15)8-16(2)12-14-11(7-13)9-17-12/h9-10H,3-8H2,1-2H3. The van der Waals surface area contributed by atoms with Crippen LogP contribution >= 0.6 is 11.6 Å². The average molecular weight is 258 g/mol. The summed E-state index contributed by atoms with van der Waals surface area (Å²) in [6.07, 6.45) is 4.14. The number of likely N-dealkylation sites (tertiary alicyclic amines) is 1. The predicted octanol–water partition coefficient (Wildman–Crippen LogP) is 2.19. The van der Waals surface area contributed by atoms with E-state index in [2.05, 4.69) is 21.8 Å². The summed E-state index contributed by atoms with van der Waals surface area (Å²) in [7, 11) is 4.21. The minimum atomic E-state index is 0.408. The van der Waals surface area contributed by atoms with Gasteiger partial charge in [0.15, 0.2) is 0 Å². The fraction of sp³-hybridized carbons (Fsp3) is 0.750. The lowest BCUT2D eigenvalue weighted by Gasteiger charge is -2.31. The summed E-state index contributed by atoms with van der Waals surface area (Å²) < 4.78 is 5.40. The largest absolute Gasteiger partial charge is 0.432 e. The maximum absolute atomic E-state index is 5.71. The number of rotatable bonds is 4. The van der Waals surface area contributed by atoms with Gasteiger partial charge in [0.05, 0.1) is 11.6 Å².